The first-order chi connectivity index (χ1) is 13.5. The van der Waals surface area contributed by atoms with Crippen molar-refractivity contribution in [2.45, 2.75) is 25.6 Å². The Hall–Kier alpha value is -2.90. The van der Waals surface area contributed by atoms with Gasteiger partial charge in [-0.3, -0.25) is 9.59 Å². The van der Waals surface area contributed by atoms with Crippen LogP contribution in [0.1, 0.15) is 24.2 Å². The minimum atomic E-state index is -0.926. The van der Waals surface area contributed by atoms with Crippen molar-refractivity contribution in [3.63, 3.8) is 0 Å². The van der Waals surface area contributed by atoms with Crippen molar-refractivity contribution >= 4 is 17.5 Å². The van der Waals surface area contributed by atoms with E-state index in [1.54, 1.807) is 36.3 Å². The van der Waals surface area contributed by atoms with E-state index in [0.29, 0.717) is 23.5 Å². The van der Waals surface area contributed by atoms with Gasteiger partial charge >= 0.3 is 0 Å². The molecule has 0 aromatic heterocycles. The smallest absolute Gasteiger partial charge is 0.249 e. The monoisotopic (exact) mass is 384 g/mol. The molecular weight excluding hydrogens is 360 g/mol. The number of aliphatic hydroxyl groups excluding tert-OH is 1. The quantitative estimate of drug-likeness (QED) is 0.797. The van der Waals surface area contributed by atoms with Gasteiger partial charge < -0.3 is 24.8 Å². The zero-order chi connectivity index (χ0) is 20.1. The summed E-state index contributed by atoms with van der Waals surface area (Å²) in [5.74, 6) is 0.341. The molecule has 1 aliphatic heterocycles. The number of hydrogen-bond donors (Lipinski definition) is 2. The van der Waals surface area contributed by atoms with Gasteiger partial charge in [0.05, 0.1) is 19.8 Å². The van der Waals surface area contributed by atoms with Gasteiger partial charge in [0.1, 0.15) is 18.5 Å². The maximum Gasteiger partial charge on any atom is 0.249 e. The normalized spacial score (nSPS) is 17.9. The molecule has 7 nitrogen and oxygen atoms in total. The molecule has 7 heteroatoms. The van der Waals surface area contributed by atoms with Gasteiger partial charge in [0.2, 0.25) is 11.8 Å². The molecule has 2 atom stereocenters. The Bertz CT molecular complexity index is 837. The van der Waals surface area contributed by atoms with Crippen LogP contribution in [0.4, 0.5) is 5.69 Å². The average Bonchev–Trinajstić information content (AvgIpc) is 2.69. The number of carbonyl (C=O) groups is 2. The highest BCUT2D eigenvalue weighted by molar-refractivity contribution is 5.88. The lowest BCUT2D eigenvalue weighted by Gasteiger charge is -2.38. The van der Waals surface area contributed by atoms with Crippen LogP contribution in [0.25, 0.3) is 0 Å². The Balaban J connectivity index is 1.81. The molecule has 28 heavy (non-hydrogen) atoms. The standard InChI is InChI=1S/C21H24N2O5/c1-14(24)22-17-9-7-15(8-10-17)21(26)18-12-28-13-20(25)23(18)11-16-5-3-4-6-19(16)27-2/h3-10,18,21,26H,11-13H2,1-2H3,(H,22,24)/t18-,21-/m1/s1. The van der Waals surface area contributed by atoms with Gasteiger partial charge in [0.25, 0.3) is 0 Å². The van der Waals surface area contributed by atoms with Crippen LogP contribution >= 0.6 is 0 Å². The lowest BCUT2D eigenvalue weighted by molar-refractivity contribution is -0.155. The first kappa shape index (κ1) is 19.9. The second kappa shape index (κ2) is 8.86. The number of amides is 2. The summed E-state index contributed by atoms with van der Waals surface area (Å²) in [6, 6.07) is 13.9. The summed E-state index contributed by atoms with van der Waals surface area (Å²) >= 11 is 0. The second-order valence-corrected chi connectivity index (χ2v) is 6.66. The van der Waals surface area contributed by atoms with Crippen molar-refractivity contribution < 1.29 is 24.2 Å². The fraction of sp³-hybridized carbons (Fsp3) is 0.333. The van der Waals surface area contributed by atoms with Crippen molar-refractivity contribution in [1.82, 2.24) is 4.90 Å². The predicted octanol–water partition coefficient (Wildman–Crippen LogP) is 2.11. The van der Waals surface area contributed by atoms with Crippen LogP contribution in [-0.2, 0) is 20.9 Å². The molecule has 0 radical (unpaired) electrons. The second-order valence-electron chi connectivity index (χ2n) is 6.66. The molecular formula is C21H24N2O5. The Kier molecular flexibility index (Phi) is 6.28. The third-order valence-electron chi connectivity index (χ3n) is 4.71. The predicted molar refractivity (Wildman–Crippen MR) is 104 cm³/mol. The molecule has 3 rings (SSSR count). The van der Waals surface area contributed by atoms with Crippen LogP contribution in [0.5, 0.6) is 5.75 Å². The van der Waals surface area contributed by atoms with E-state index in [4.69, 9.17) is 9.47 Å². The number of benzene rings is 2. The largest absolute Gasteiger partial charge is 0.496 e. The number of hydrogen-bond acceptors (Lipinski definition) is 5. The van der Waals surface area contributed by atoms with E-state index >= 15 is 0 Å². The number of carbonyl (C=O) groups excluding carboxylic acids is 2. The van der Waals surface area contributed by atoms with E-state index in [1.807, 2.05) is 24.3 Å². The van der Waals surface area contributed by atoms with Gasteiger partial charge in [-0.25, -0.2) is 0 Å². The van der Waals surface area contributed by atoms with Crippen molar-refractivity contribution in [1.29, 1.82) is 0 Å². The van der Waals surface area contributed by atoms with Crippen LogP contribution in [0.15, 0.2) is 48.5 Å². The van der Waals surface area contributed by atoms with Crippen molar-refractivity contribution in [2.75, 3.05) is 25.6 Å². The molecule has 1 saturated heterocycles. The molecule has 0 spiro atoms. The Morgan fingerprint density at radius 3 is 2.68 bits per heavy atom. The highest BCUT2D eigenvalue weighted by Crippen LogP contribution is 2.28. The van der Waals surface area contributed by atoms with E-state index in [-0.39, 0.29) is 25.0 Å². The molecule has 0 aliphatic carbocycles. The average molecular weight is 384 g/mol. The molecule has 1 aliphatic rings. The summed E-state index contributed by atoms with van der Waals surface area (Å²) in [6.07, 6.45) is -0.926. The van der Waals surface area contributed by atoms with Crippen LogP contribution in [0.2, 0.25) is 0 Å². The number of rotatable bonds is 6. The van der Waals surface area contributed by atoms with E-state index < -0.39 is 12.1 Å². The summed E-state index contributed by atoms with van der Waals surface area (Å²) in [7, 11) is 1.59. The lowest BCUT2D eigenvalue weighted by Crippen LogP contribution is -2.51. The third-order valence-corrected chi connectivity index (χ3v) is 4.71. The van der Waals surface area contributed by atoms with Crippen LogP contribution < -0.4 is 10.1 Å². The molecule has 2 N–H and O–H groups in total. The molecule has 148 valence electrons. The zero-order valence-corrected chi connectivity index (χ0v) is 15.9. The molecule has 2 aromatic carbocycles. The van der Waals surface area contributed by atoms with Crippen molar-refractivity contribution in [2.24, 2.45) is 0 Å². The van der Waals surface area contributed by atoms with Gasteiger partial charge in [-0.2, -0.15) is 0 Å². The number of anilines is 1. The minimum Gasteiger partial charge on any atom is -0.496 e. The van der Waals surface area contributed by atoms with Gasteiger partial charge in [0.15, 0.2) is 0 Å². The molecule has 2 amide bonds. The van der Waals surface area contributed by atoms with Crippen LogP contribution in [0.3, 0.4) is 0 Å². The highest BCUT2D eigenvalue weighted by atomic mass is 16.5. The number of methoxy groups -OCH3 is 1. The minimum absolute atomic E-state index is 0.0140. The van der Waals surface area contributed by atoms with E-state index in [1.165, 1.54) is 6.92 Å². The molecule has 0 unspecified atom stereocenters. The number of morpholine rings is 1. The number of ether oxygens (including phenoxy) is 2. The topological polar surface area (TPSA) is 88.1 Å². The fourth-order valence-corrected chi connectivity index (χ4v) is 3.30. The summed E-state index contributed by atoms with van der Waals surface area (Å²) in [6.45, 7) is 1.97. The summed E-state index contributed by atoms with van der Waals surface area (Å²) in [4.78, 5) is 25.3. The Morgan fingerprint density at radius 2 is 2.00 bits per heavy atom. The van der Waals surface area contributed by atoms with Gasteiger partial charge in [-0.15, -0.1) is 0 Å². The fourth-order valence-electron chi connectivity index (χ4n) is 3.30. The summed E-state index contributed by atoms with van der Waals surface area (Å²) in [5.41, 5.74) is 2.14. The number of aliphatic hydroxyl groups is 1. The molecule has 0 saturated carbocycles. The van der Waals surface area contributed by atoms with Crippen LogP contribution in [-0.4, -0.2) is 48.2 Å². The Morgan fingerprint density at radius 1 is 1.29 bits per heavy atom. The number of para-hydroxylation sites is 1. The summed E-state index contributed by atoms with van der Waals surface area (Å²) in [5, 5.41) is 13.6. The Labute approximate surface area is 163 Å². The van der Waals surface area contributed by atoms with Crippen LogP contribution in [0, 0.1) is 0 Å². The van der Waals surface area contributed by atoms with Gasteiger partial charge in [0, 0.05) is 24.7 Å². The van der Waals surface area contributed by atoms with E-state index in [9.17, 15) is 14.7 Å². The zero-order valence-electron chi connectivity index (χ0n) is 15.9. The van der Waals surface area contributed by atoms with E-state index in [2.05, 4.69) is 5.32 Å². The molecule has 2 aromatic rings. The molecule has 1 heterocycles. The van der Waals surface area contributed by atoms with Gasteiger partial charge in [-0.05, 0) is 23.8 Å². The van der Waals surface area contributed by atoms with Crippen molar-refractivity contribution in [3.8, 4) is 5.75 Å². The third kappa shape index (κ3) is 4.49. The van der Waals surface area contributed by atoms with E-state index in [0.717, 1.165) is 5.56 Å². The maximum atomic E-state index is 12.5. The van der Waals surface area contributed by atoms with Gasteiger partial charge in [-0.1, -0.05) is 30.3 Å². The first-order valence-corrected chi connectivity index (χ1v) is 9.04. The maximum absolute atomic E-state index is 12.5. The lowest BCUT2D eigenvalue weighted by atomic mass is 9.99. The number of nitrogens with one attached hydrogen (secondary N) is 1. The first-order valence-electron chi connectivity index (χ1n) is 9.04. The highest BCUT2D eigenvalue weighted by Gasteiger charge is 2.35. The van der Waals surface area contributed by atoms with Crippen molar-refractivity contribution in [3.05, 3.63) is 59.7 Å². The summed E-state index contributed by atoms with van der Waals surface area (Å²) < 4.78 is 10.8. The number of nitrogens with zero attached hydrogens (tertiary/aromatic N) is 1. The molecule has 0 bridgehead atoms. The SMILES string of the molecule is COc1ccccc1CN1C(=O)COC[C@@H]1[C@H](O)c1ccc(NC(C)=O)cc1. The molecule has 1 fully saturated rings.